The van der Waals surface area contributed by atoms with E-state index in [-0.39, 0.29) is 10.9 Å². The Morgan fingerprint density at radius 1 is 0.382 bits per heavy atom. The SMILES string of the molecule is O=c1c2ccccc2c2cc3c(Cl)cc4c(=O)c5ccccc5c5cc6c(Cl)cc1c2c6c3c45. The Balaban J connectivity index is 1.85. The van der Waals surface area contributed by atoms with E-state index in [1.807, 2.05) is 48.5 Å². The molecule has 8 aromatic rings. The highest BCUT2D eigenvalue weighted by Crippen LogP contribution is 2.48. The number of benzene rings is 8. The molecule has 0 bridgehead atoms. The van der Waals surface area contributed by atoms with Gasteiger partial charge < -0.3 is 0 Å². The summed E-state index contributed by atoms with van der Waals surface area (Å²) >= 11 is 13.7. The van der Waals surface area contributed by atoms with Crippen molar-refractivity contribution in [3.05, 3.63) is 103 Å². The highest BCUT2D eigenvalue weighted by atomic mass is 35.5. The van der Waals surface area contributed by atoms with Crippen LogP contribution in [0.25, 0.3) is 75.4 Å². The molecule has 0 radical (unpaired) electrons. The molecule has 0 aliphatic rings. The molecule has 2 nitrogen and oxygen atoms in total. The van der Waals surface area contributed by atoms with Crippen molar-refractivity contribution in [2.75, 3.05) is 0 Å². The van der Waals surface area contributed by atoms with Gasteiger partial charge in [-0.3, -0.25) is 9.59 Å². The van der Waals surface area contributed by atoms with Crippen molar-refractivity contribution in [1.29, 1.82) is 0 Å². The first-order valence-electron chi connectivity index (χ1n) is 11.0. The van der Waals surface area contributed by atoms with Crippen molar-refractivity contribution in [1.82, 2.24) is 0 Å². The predicted octanol–water partition coefficient (Wildman–Crippen LogP) is 8.10. The molecular formula is C30H12Cl2O2. The minimum Gasteiger partial charge on any atom is -0.289 e. The second-order valence-electron chi connectivity index (χ2n) is 9.00. The van der Waals surface area contributed by atoms with Crippen LogP contribution in [0.5, 0.6) is 0 Å². The molecule has 0 N–H and O–H groups in total. The lowest BCUT2D eigenvalue weighted by Crippen LogP contribution is -2.06. The molecule has 158 valence electrons. The molecule has 0 spiro atoms. The van der Waals surface area contributed by atoms with Crippen molar-refractivity contribution in [2.24, 2.45) is 0 Å². The monoisotopic (exact) mass is 474 g/mol. The first kappa shape index (κ1) is 18.7. The average molecular weight is 475 g/mol. The normalized spacial score (nSPS) is 12.6. The van der Waals surface area contributed by atoms with Gasteiger partial charge in [-0.25, -0.2) is 0 Å². The largest absolute Gasteiger partial charge is 0.289 e. The second-order valence-corrected chi connectivity index (χ2v) is 9.82. The maximum Gasteiger partial charge on any atom is 0.194 e. The zero-order chi connectivity index (χ0) is 22.9. The van der Waals surface area contributed by atoms with E-state index in [0.29, 0.717) is 31.6 Å². The zero-order valence-electron chi connectivity index (χ0n) is 17.5. The van der Waals surface area contributed by atoms with Crippen LogP contribution in [0.3, 0.4) is 0 Å². The summed E-state index contributed by atoms with van der Waals surface area (Å²) in [6, 6.07) is 23.0. The summed E-state index contributed by atoms with van der Waals surface area (Å²) in [5, 5.41) is 12.5. The summed E-state index contributed by atoms with van der Waals surface area (Å²) in [5.41, 5.74) is -0.0778. The van der Waals surface area contributed by atoms with Gasteiger partial charge >= 0.3 is 0 Å². The third-order valence-electron chi connectivity index (χ3n) is 7.41. The summed E-state index contributed by atoms with van der Waals surface area (Å²) in [6.07, 6.45) is 0. The van der Waals surface area contributed by atoms with Crippen molar-refractivity contribution in [3.63, 3.8) is 0 Å². The van der Waals surface area contributed by atoms with Crippen LogP contribution in [-0.4, -0.2) is 0 Å². The average Bonchev–Trinajstić information content (AvgIpc) is 2.86. The molecule has 0 amide bonds. The van der Waals surface area contributed by atoms with Gasteiger partial charge in [0.2, 0.25) is 0 Å². The standard InChI is InChI=1S/C30H12Cl2O2/c31-23-12-22-26-18(14-6-2-4-8-16(14)30(22)34)10-20-24(32)11-21-25-17(9-19(23)28(26)27(20)25)13-5-1-3-7-15(13)29(21)33/h1-12H. The van der Waals surface area contributed by atoms with E-state index in [1.54, 1.807) is 12.1 Å². The Morgan fingerprint density at radius 2 is 0.765 bits per heavy atom. The molecule has 0 unspecified atom stereocenters. The molecule has 8 rings (SSSR count). The smallest absolute Gasteiger partial charge is 0.194 e. The highest BCUT2D eigenvalue weighted by Gasteiger charge is 2.24. The molecule has 0 fully saturated rings. The first-order chi connectivity index (χ1) is 16.5. The van der Waals surface area contributed by atoms with Crippen molar-refractivity contribution < 1.29 is 0 Å². The molecular weight excluding hydrogens is 463 g/mol. The number of rotatable bonds is 0. The Bertz CT molecular complexity index is 2120. The second kappa shape index (κ2) is 6.04. The summed E-state index contributed by atoms with van der Waals surface area (Å²) in [5.74, 6) is 0. The maximum absolute atomic E-state index is 13.5. The molecule has 0 saturated heterocycles. The lowest BCUT2D eigenvalue weighted by Gasteiger charge is -2.20. The van der Waals surface area contributed by atoms with Gasteiger partial charge in [0.1, 0.15) is 0 Å². The van der Waals surface area contributed by atoms with Crippen LogP contribution >= 0.6 is 23.2 Å². The summed E-state index contributed by atoms with van der Waals surface area (Å²) in [6.45, 7) is 0. The van der Waals surface area contributed by atoms with Gasteiger partial charge in [0.15, 0.2) is 10.9 Å². The molecule has 0 aliphatic carbocycles. The van der Waals surface area contributed by atoms with Crippen LogP contribution in [0.2, 0.25) is 10.0 Å². The van der Waals surface area contributed by atoms with Crippen LogP contribution in [0, 0.1) is 0 Å². The fraction of sp³-hybridized carbons (Fsp3) is 0. The lowest BCUT2D eigenvalue weighted by atomic mass is 9.84. The minimum atomic E-state index is -0.0389. The third kappa shape index (κ3) is 2.01. The first-order valence-corrected chi connectivity index (χ1v) is 11.8. The van der Waals surface area contributed by atoms with Crippen LogP contribution < -0.4 is 10.9 Å². The van der Waals surface area contributed by atoms with Gasteiger partial charge in [-0.05, 0) is 45.8 Å². The van der Waals surface area contributed by atoms with Gasteiger partial charge in [-0.2, -0.15) is 0 Å². The van der Waals surface area contributed by atoms with E-state index in [2.05, 4.69) is 12.1 Å². The predicted molar refractivity (Wildman–Crippen MR) is 145 cm³/mol. The van der Waals surface area contributed by atoms with Gasteiger partial charge in [0.05, 0.1) is 0 Å². The Morgan fingerprint density at radius 3 is 1.18 bits per heavy atom. The number of hydrogen-bond donors (Lipinski definition) is 0. The fourth-order valence-corrected chi connectivity index (χ4v) is 6.55. The molecule has 0 aromatic heterocycles. The quantitative estimate of drug-likeness (QED) is 0.164. The summed E-state index contributed by atoms with van der Waals surface area (Å²) in [7, 11) is 0. The van der Waals surface area contributed by atoms with E-state index >= 15 is 0 Å². The van der Waals surface area contributed by atoms with Gasteiger partial charge in [-0.1, -0.05) is 71.7 Å². The number of hydrogen-bond acceptors (Lipinski definition) is 2. The third-order valence-corrected chi connectivity index (χ3v) is 8.04. The molecule has 0 saturated carbocycles. The maximum atomic E-state index is 13.5. The molecule has 4 heteroatoms. The van der Waals surface area contributed by atoms with Crippen molar-refractivity contribution in [3.8, 4) is 0 Å². The zero-order valence-corrected chi connectivity index (χ0v) is 19.0. The molecule has 0 atom stereocenters. The highest BCUT2D eigenvalue weighted by molar-refractivity contribution is 6.49. The summed E-state index contributed by atoms with van der Waals surface area (Å²) in [4.78, 5) is 27.0. The topological polar surface area (TPSA) is 34.1 Å². The number of halogens is 2. The van der Waals surface area contributed by atoms with Crippen LogP contribution in [-0.2, 0) is 0 Å². The van der Waals surface area contributed by atoms with Crippen LogP contribution in [0.1, 0.15) is 0 Å². The lowest BCUT2D eigenvalue weighted by molar-refractivity contribution is 1.72. The van der Waals surface area contributed by atoms with E-state index in [1.165, 1.54) is 0 Å². The Kier molecular flexibility index (Phi) is 3.32. The Labute approximate surface area is 201 Å². The van der Waals surface area contributed by atoms with E-state index in [4.69, 9.17) is 23.2 Å². The summed E-state index contributed by atoms with van der Waals surface area (Å²) < 4.78 is 0. The molecule has 8 aromatic carbocycles. The van der Waals surface area contributed by atoms with Gasteiger partial charge in [-0.15, -0.1) is 0 Å². The fourth-order valence-electron chi connectivity index (χ4n) is 6.03. The van der Waals surface area contributed by atoms with E-state index in [9.17, 15) is 9.59 Å². The van der Waals surface area contributed by atoms with E-state index < -0.39 is 0 Å². The minimum absolute atomic E-state index is 0.0389. The molecule has 34 heavy (non-hydrogen) atoms. The molecule has 0 heterocycles. The number of fused-ring (bicyclic) bond motifs is 4. The van der Waals surface area contributed by atoms with Gasteiger partial charge in [0.25, 0.3) is 0 Å². The molecule has 0 aliphatic heterocycles. The van der Waals surface area contributed by atoms with Crippen molar-refractivity contribution >= 4 is 98.6 Å². The van der Waals surface area contributed by atoms with Crippen molar-refractivity contribution in [2.45, 2.75) is 0 Å². The van der Waals surface area contributed by atoms with Crippen LogP contribution in [0.4, 0.5) is 0 Å². The van der Waals surface area contributed by atoms with Gasteiger partial charge in [0, 0.05) is 63.9 Å². The van der Waals surface area contributed by atoms with E-state index in [0.717, 1.165) is 53.9 Å². The van der Waals surface area contributed by atoms with Crippen LogP contribution in [0.15, 0.2) is 82.4 Å². The Hall–Kier alpha value is -3.72.